The third kappa shape index (κ3) is 2.64. The van der Waals surface area contributed by atoms with E-state index in [0.717, 1.165) is 21.5 Å². The van der Waals surface area contributed by atoms with Crippen LogP contribution in [0.15, 0.2) is 64.0 Å². The van der Waals surface area contributed by atoms with E-state index >= 15 is 0 Å². The summed E-state index contributed by atoms with van der Waals surface area (Å²) in [7, 11) is -0.901. The van der Waals surface area contributed by atoms with E-state index in [1.807, 2.05) is 36.4 Å². The van der Waals surface area contributed by atoms with E-state index in [0.29, 0.717) is 5.69 Å². The second kappa shape index (κ2) is 5.26. The number of H-pyrrole nitrogens is 1. The fourth-order valence-electron chi connectivity index (χ4n) is 2.25. The fraction of sp³-hybridized carbons (Fsp3) is 0.125. The Bertz CT molecular complexity index is 888. The molecule has 21 heavy (non-hydrogen) atoms. The Labute approximate surface area is 124 Å². The molecule has 3 aromatic rings. The van der Waals surface area contributed by atoms with E-state index in [2.05, 4.69) is 9.35 Å². The van der Waals surface area contributed by atoms with E-state index in [9.17, 15) is 4.21 Å². The lowest BCUT2D eigenvalue weighted by atomic mass is 10.2. The highest BCUT2D eigenvalue weighted by Crippen LogP contribution is 2.27. The molecule has 2 aromatic carbocycles. The molecule has 1 heterocycles. The molecule has 1 atom stereocenters. The van der Waals surface area contributed by atoms with Crippen LogP contribution in [0.5, 0.6) is 5.75 Å². The van der Waals surface area contributed by atoms with Gasteiger partial charge in [-0.25, -0.2) is 4.21 Å². The van der Waals surface area contributed by atoms with Crippen molar-refractivity contribution < 1.29 is 8.95 Å². The molecule has 0 aliphatic rings. The normalized spacial score (nSPS) is 13.8. The number of rotatable bonds is 3. The maximum absolute atomic E-state index is 13.0. The Hall–Kier alpha value is -2.27. The topological polar surface area (TPSA) is 54.4 Å². The lowest BCUT2D eigenvalue weighted by Gasteiger charge is -2.04. The van der Waals surface area contributed by atoms with Crippen LogP contribution in [0.3, 0.4) is 0 Å². The second-order valence-electron chi connectivity index (χ2n) is 4.79. The zero-order valence-electron chi connectivity index (χ0n) is 11.9. The minimum atomic E-state index is -2.51. The molecule has 5 heteroatoms. The SMILES string of the molecule is COc1ccc(N=S(C)(=O)c2c[nH]c3ccccc23)cc1. The molecule has 0 amide bonds. The molecule has 0 fully saturated rings. The summed E-state index contributed by atoms with van der Waals surface area (Å²) < 4.78 is 22.5. The van der Waals surface area contributed by atoms with Crippen molar-refractivity contribution in [2.45, 2.75) is 4.90 Å². The van der Waals surface area contributed by atoms with Gasteiger partial charge in [-0.2, -0.15) is 4.36 Å². The Morgan fingerprint density at radius 1 is 1.10 bits per heavy atom. The average molecular weight is 300 g/mol. The van der Waals surface area contributed by atoms with E-state index in [1.165, 1.54) is 0 Å². The average Bonchev–Trinajstić information content (AvgIpc) is 2.92. The first-order chi connectivity index (χ1) is 10.1. The lowest BCUT2D eigenvalue weighted by Crippen LogP contribution is -1.95. The molecule has 108 valence electrons. The number of benzene rings is 2. The van der Waals surface area contributed by atoms with Crippen LogP contribution in [0.25, 0.3) is 10.9 Å². The standard InChI is InChI=1S/C16H16N2O2S/c1-20-13-9-7-12(8-10-13)18-21(2,19)16-11-17-15-6-4-3-5-14(15)16/h3-11,17H,1-2H3. The number of methoxy groups -OCH3 is 1. The van der Waals surface area contributed by atoms with Crippen LogP contribution in [-0.2, 0) is 9.73 Å². The predicted octanol–water partition coefficient (Wildman–Crippen LogP) is 3.96. The van der Waals surface area contributed by atoms with Gasteiger partial charge in [0, 0.05) is 23.4 Å². The highest BCUT2D eigenvalue weighted by molar-refractivity contribution is 7.93. The first kappa shape index (κ1) is 13.7. The zero-order chi connectivity index (χ0) is 14.9. The summed E-state index contributed by atoms with van der Waals surface area (Å²) in [4.78, 5) is 3.87. The maximum Gasteiger partial charge on any atom is 0.119 e. The van der Waals surface area contributed by atoms with Crippen molar-refractivity contribution in [3.05, 3.63) is 54.7 Å². The molecular weight excluding hydrogens is 284 g/mol. The maximum atomic E-state index is 13.0. The van der Waals surface area contributed by atoms with Gasteiger partial charge in [-0.15, -0.1) is 0 Å². The molecule has 0 radical (unpaired) electrons. The highest BCUT2D eigenvalue weighted by Gasteiger charge is 2.12. The molecule has 1 aromatic heterocycles. The van der Waals surface area contributed by atoms with E-state index in [-0.39, 0.29) is 0 Å². The van der Waals surface area contributed by atoms with E-state index in [1.54, 1.807) is 31.7 Å². The number of hydrogen-bond donors (Lipinski definition) is 1. The van der Waals surface area contributed by atoms with Crippen LogP contribution in [-0.4, -0.2) is 22.6 Å². The van der Waals surface area contributed by atoms with Crippen molar-refractivity contribution in [1.29, 1.82) is 0 Å². The summed E-state index contributed by atoms with van der Waals surface area (Å²) in [5.41, 5.74) is 1.64. The minimum Gasteiger partial charge on any atom is -0.497 e. The van der Waals surface area contributed by atoms with Gasteiger partial charge in [-0.3, -0.25) is 0 Å². The van der Waals surface area contributed by atoms with E-state index in [4.69, 9.17) is 4.74 Å². The van der Waals surface area contributed by atoms with Gasteiger partial charge in [0.25, 0.3) is 0 Å². The molecule has 0 bridgehead atoms. The van der Waals surface area contributed by atoms with Gasteiger partial charge in [-0.05, 0) is 30.3 Å². The summed E-state index contributed by atoms with van der Waals surface area (Å²) in [5.74, 6) is 0.753. The Kier molecular flexibility index (Phi) is 3.43. The molecule has 0 aliphatic heterocycles. The second-order valence-corrected chi connectivity index (χ2v) is 7.02. The molecule has 0 saturated heterocycles. The van der Waals surface area contributed by atoms with Gasteiger partial charge < -0.3 is 9.72 Å². The van der Waals surface area contributed by atoms with Crippen molar-refractivity contribution >= 4 is 26.3 Å². The van der Waals surface area contributed by atoms with Crippen molar-refractivity contribution in [2.75, 3.05) is 13.4 Å². The summed E-state index contributed by atoms with van der Waals surface area (Å²) >= 11 is 0. The molecule has 1 unspecified atom stereocenters. The van der Waals surface area contributed by atoms with Gasteiger partial charge in [0.2, 0.25) is 0 Å². The number of aromatic nitrogens is 1. The molecular formula is C16H16N2O2S. The number of nitrogens with one attached hydrogen (secondary N) is 1. The summed E-state index contributed by atoms with van der Waals surface area (Å²) in [6, 6.07) is 15.0. The minimum absolute atomic E-state index is 0.675. The van der Waals surface area contributed by atoms with Gasteiger partial charge in [0.1, 0.15) is 5.75 Å². The fourth-order valence-corrected chi connectivity index (χ4v) is 3.74. The highest BCUT2D eigenvalue weighted by atomic mass is 32.2. The van der Waals surface area contributed by atoms with Crippen molar-refractivity contribution in [3.8, 4) is 5.75 Å². The summed E-state index contributed by atoms with van der Waals surface area (Å²) in [6.45, 7) is 0. The van der Waals surface area contributed by atoms with Crippen LogP contribution in [0.1, 0.15) is 0 Å². The number of fused-ring (bicyclic) bond motifs is 1. The number of aromatic amines is 1. The van der Waals surface area contributed by atoms with Gasteiger partial charge in [-0.1, -0.05) is 18.2 Å². The van der Waals surface area contributed by atoms with E-state index < -0.39 is 9.73 Å². The van der Waals surface area contributed by atoms with Crippen LogP contribution in [0.2, 0.25) is 0 Å². The predicted molar refractivity (Wildman–Crippen MR) is 85.7 cm³/mol. The van der Waals surface area contributed by atoms with Crippen LogP contribution >= 0.6 is 0 Å². The Balaban J connectivity index is 2.10. The van der Waals surface area contributed by atoms with Crippen LogP contribution in [0, 0.1) is 0 Å². The summed E-state index contributed by atoms with van der Waals surface area (Å²) in [6.07, 6.45) is 3.44. The van der Waals surface area contributed by atoms with Crippen molar-refractivity contribution in [2.24, 2.45) is 4.36 Å². The molecule has 1 N–H and O–H groups in total. The largest absolute Gasteiger partial charge is 0.497 e. The monoisotopic (exact) mass is 300 g/mol. The molecule has 3 rings (SSSR count). The first-order valence-corrected chi connectivity index (χ1v) is 8.45. The number of ether oxygens (including phenoxy) is 1. The Morgan fingerprint density at radius 3 is 2.52 bits per heavy atom. The van der Waals surface area contributed by atoms with Crippen molar-refractivity contribution in [1.82, 2.24) is 4.98 Å². The Morgan fingerprint density at radius 2 is 1.81 bits per heavy atom. The zero-order valence-corrected chi connectivity index (χ0v) is 12.7. The van der Waals surface area contributed by atoms with Gasteiger partial charge in [0.05, 0.1) is 27.4 Å². The molecule has 0 saturated carbocycles. The number of hydrogen-bond acceptors (Lipinski definition) is 3. The van der Waals surface area contributed by atoms with Crippen molar-refractivity contribution in [3.63, 3.8) is 0 Å². The molecule has 0 spiro atoms. The first-order valence-electron chi connectivity index (χ1n) is 6.52. The van der Waals surface area contributed by atoms with Gasteiger partial charge >= 0.3 is 0 Å². The lowest BCUT2D eigenvalue weighted by molar-refractivity contribution is 0.415. The number of para-hydroxylation sites is 1. The number of nitrogens with zero attached hydrogens (tertiary/aromatic N) is 1. The van der Waals surface area contributed by atoms with Crippen LogP contribution < -0.4 is 4.74 Å². The smallest absolute Gasteiger partial charge is 0.119 e. The molecule has 0 aliphatic carbocycles. The quantitative estimate of drug-likeness (QED) is 0.796. The van der Waals surface area contributed by atoms with Crippen LogP contribution in [0.4, 0.5) is 5.69 Å². The summed E-state index contributed by atoms with van der Waals surface area (Å²) in [5, 5.41) is 0.947. The third-order valence-electron chi connectivity index (χ3n) is 3.31. The molecule has 4 nitrogen and oxygen atoms in total. The third-order valence-corrected chi connectivity index (χ3v) is 5.02. The van der Waals surface area contributed by atoms with Gasteiger partial charge in [0.15, 0.2) is 0 Å².